The molecule has 94 valence electrons. The number of ether oxygens (including phenoxy) is 2. The maximum absolute atomic E-state index is 9.62. The Morgan fingerprint density at radius 1 is 1.35 bits per heavy atom. The van der Waals surface area contributed by atoms with E-state index in [1.165, 1.54) is 0 Å². The average molecular weight is 237 g/mol. The Balaban J connectivity index is 2.10. The van der Waals surface area contributed by atoms with Gasteiger partial charge in [-0.3, -0.25) is 0 Å². The molecule has 1 saturated heterocycles. The Morgan fingerprint density at radius 2 is 2.18 bits per heavy atom. The van der Waals surface area contributed by atoms with Gasteiger partial charge < -0.3 is 19.5 Å². The minimum Gasteiger partial charge on any atom is -0.508 e. The second-order valence-electron chi connectivity index (χ2n) is 4.45. The zero-order chi connectivity index (χ0) is 12.3. The lowest BCUT2D eigenvalue weighted by atomic mass is 10.1. The van der Waals surface area contributed by atoms with Gasteiger partial charge >= 0.3 is 0 Å². The van der Waals surface area contributed by atoms with Gasteiger partial charge in [-0.2, -0.15) is 0 Å². The smallest absolute Gasteiger partial charge is 0.124 e. The van der Waals surface area contributed by atoms with E-state index in [1.54, 1.807) is 26.4 Å². The van der Waals surface area contributed by atoms with Crippen molar-refractivity contribution in [1.82, 2.24) is 0 Å². The molecule has 1 N–H and O–H groups in total. The highest BCUT2D eigenvalue weighted by Crippen LogP contribution is 2.31. The van der Waals surface area contributed by atoms with Crippen molar-refractivity contribution < 1.29 is 14.6 Å². The number of hydrogen-bond acceptors (Lipinski definition) is 4. The number of phenols is 1. The van der Waals surface area contributed by atoms with Crippen molar-refractivity contribution >= 4 is 5.69 Å². The lowest BCUT2D eigenvalue weighted by molar-refractivity contribution is 0.161. The molecule has 0 saturated carbocycles. The van der Waals surface area contributed by atoms with E-state index in [1.807, 2.05) is 6.07 Å². The van der Waals surface area contributed by atoms with Crippen molar-refractivity contribution in [2.75, 3.05) is 38.8 Å². The summed E-state index contributed by atoms with van der Waals surface area (Å²) in [5.41, 5.74) is 1.01. The number of hydrogen-bond donors (Lipinski definition) is 1. The largest absolute Gasteiger partial charge is 0.508 e. The highest BCUT2D eigenvalue weighted by Gasteiger charge is 2.23. The quantitative estimate of drug-likeness (QED) is 0.868. The Kier molecular flexibility index (Phi) is 3.74. The molecule has 4 nitrogen and oxygen atoms in total. The van der Waals surface area contributed by atoms with Gasteiger partial charge in [0, 0.05) is 50.0 Å². The highest BCUT2D eigenvalue weighted by atomic mass is 16.5. The molecule has 0 amide bonds. The average Bonchev–Trinajstić information content (AvgIpc) is 2.77. The second-order valence-corrected chi connectivity index (χ2v) is 4.45. The fraction of sp³-hybridized carbons (Fsp3) is 0.538. The minimum absolute atomic E-state index is 0.245. The third kappa shape index (κ3) is 2.82. The van der Waals surface area contributed by atoms with Crippen LogP contribution in [-0.4, -0.2) is 39.0 Å². The number of nitrogens with zero attached hydrogens (tertiary/aromatic N) is 1. The number of methoxy groups -OCH3 is 2. The molecular weight excluding hydrogens is 218 g/mol. The minimum atomic E-state index is 0.245. The maximum atomic E-state index is 9.62. The Morgan fingerprint density at radius 3 is 2.88 bits per heavy atom. The van der Waals surface area contributed by atoms with Crippen LogP contribution in [0.5, 0.6) is 11.5 Å². The van der Waals surface area contributed by atoms with E-state index in [0.717, 1.165) is 31.8 Å². The van der Waals surface area contributed by atoms with Crippen LogP contribution >= 0.6 is 0 Å². The van der Waals surface area contributed by atoms with Gasteiger partial charge in [0.25, 0.3) is 0 Å². The maximum Gasteiger partial charge on any atom is 0.124 e. The normalized spacial score (nSPS) is 19.6. The van der Waals surface area contributed by atoms with Crippen LogP contribution in [0.2, 0.25) is 0 Å². The summed E-state index contributed by atoms with van der Waals surface area (Å²) in [4.78, 5) is 2.26. The molecule has 1 aliphatic heterocycles. The fourth-order valence-corrected chi connectivity index (χ4v) is 2.31. The molecule has 0 radical (unpaired) electrons. The van der Waals surface area contributed by atoms with Gasteiger partial charge in [-0.15, -0.1) is 0 Å². The van der Waals surface area contributed by atoms with Gasteiger partial charge in [-0.1, -0.05) is 0 Å². The summed E-state index contributed by atoms with van der Waals surface area (Å²) in [6.07, 6.45) is 1.13. The molecule has 1 heterocycles. The molecule has 1 aliphatic rings. The first-order chi connectivity index (χ1) is 8.22. The van der Waals surface area contributed by atoms with Crippen LogP contribution in [0.4, 0.5) is 5.69 Å². The number of rotatable bonds is 4. The molecule has 0 bridgehead atoms. The number of benzene rings is 1. The Hall–Kier alpha value is -1.42. The standard InChI is InChI=1S/C13H19NO3/c1-16-9-10-3-4-14(8-10)11-5-12(15)7-13(6-11)17-2/h5-7,10,15H,3-4,8-9H2,1-2H3. The van der Waals surface area contributed by atoms with E-state index >= 15 is 0 Å². The van der Waals surface area contributed by atoms with Crippen LogP contribution in [0.25, 0.3) is 0 Å². The summed E-state index contributed by atoms with van der Waals surface area (Å²) in [5.74, 6) is 1.51. The molecule has 2 rings (SSSR count). The van der Waals surface area contributed by atoms with Crippen LogP contribution in [0, 0.1) is 5.92 Å². The topological polar surface area (TPSA) is 41.9 Å². The Bertz CT molecular complexity index is 381. The van der Waals surface area contributed by atoms with Crippen molar-refractivity contribution in [2.45, 2.75) is 6.42 Å². The van der Waals surface area contributed by atoms with Crippen LogP contribution in [0.15, 0.2) is 18.2 Å². The van der Waals surface area contributed by atoms with Crippen LogP contribution < -0.4 is 9.64 Å². The summed E-state index contributed by atoms with van der Waals surface area (Å²) in [6.45, 7) is 2.77. The van der Waals surface area contributed by atoms with E-state index < -0.39 is 0 Å². The van der Waals surface area contributed by atoms with Crippen molar-refractivity contribution in [3.63, 3.8) is 0 Å². The SMILES string of the molecule is COCC1CCN(c2cc(O)cc(OC)c2)C1. The molecule has 1 aromatic rings. The van der Waals surface area contributed by atoms with E-state index in [0.29, 0.717) is 11.7 Å². The van der Waals surface area contributed by atoms with Crippen molar-refractivity contribution in [2.24, 2.45) is 5.92 Å². The van der Waals surface area contributed by atoms with E-state index in [4.69, 9.17) is 9.47 Å². The zero-order valence-corrected chi connectivity index (χ0v) is 10.3. The molecule has 1 unspecified atom stereocenters. The molecular formula is C13H19NO3. The summed E-state index contributed by atoms with van der Waals surface area (Å²) >= 11 is 0. The first-order valence-electron chi connectivity index (χ1n) is 5.85. The summed E-state index contributed by atoms with van der Waals surface area (Å²) in [7, 11) is 3.34. The van der Waals surface area contributed by atoms with Crippen molar-refractivity contribution in [1.29, 1.82) is 0 Å². The summed E-state index contributed by atoms with van der Waals surface area (Å²) in [6, 6.07) is 5.35. The molecule has 1 atom stereocenters. The fourth-order valence-electron chi connectivity index (χ4n) is 2.31. The molecule has 4 heteroatoms. The van der Waals surface area contributed by atoms with Crippen molar-refractivity contribution in [3.05, 3.63) is 18.2 Å². The molecule has 0 aromatic heterocycles. The van der Waals surface area contributed by atoms with E-state index in [-0.39, 0.29) is 5.75 Å². The van der Waals surface area contributed by atoms with Gasteiger partial charge in [-0.25, -0.2) is 0 Å². The molecule has 17 heavy (non-hydrogen) atoms. The molecule has 1 aromatic carbocycles. The first-order valence-corrected chi connectivity index (χ1v) is 5.85. The first kappa shape index (κ1) is 12.0. The van der Waals surface area contributed by atoms with Gasteiger partial charge in [0.05, 0.1) is 13.7 Å². The number of phenolic OH excluding ortho intramolecular Hbond substituents is 1. The second kappa shape index (κ2) is 5.27. The highest BCUT2D eigenvalue weighted by molar-refractivity contribution is 5.55. The van der Waals surface area contributed by atoms with E-state index in [2.05, 4.69) is 4.90 Å². The molecule has 0 aliphatic carbocycles. The van der Waals surface area contributed by atoms with Crippen molar-refractivity contribution in [3.8, 4) is 11.5 Å². The molecule has 1 fully saturated rings. The van der Waals surface area contributed by atoms with Crippen LogP contribution in [-0.2, 0) is 4.74 Å². The van der Waals surface area contributed by atoms with Gasteiger partial charge in [0.2, 0.25) is 0 Å². The zero-order valence-electron chi connectivity index (χ0n) is 10.3. The predicted octanol–water partition coefficient (Wildman–Crippen LogP) is 1.87. The third-order valence-electron chi connectivity index (χ3n) is 3.17. The predicted molar refractivity (Wildman–Crippen MR) is 66.9 cm³/mol. The monoisotopic (exact) mass is 237 g/mol. The van der Waals surface area contributed by atoms with Gasteiger partial charge in [0.1, 0.15) is 11.5 Å². The Labute approximate surface area is 102 Å². The van der Waals surface area contributed by atoms with Gasteiger partial charge in [-0.05, 0) is 6.42 Å². The number of anilines is 1. The summed E-state index contributed by atoms with van der Waals surface area (Å²) in [5, 5.41) is 9.62. The van der Waals surface area contributed by atoms with Crippen LogP contribution in [0.1, 0.15) is 6.42 Å². The summed E-state index contributed by atoms with van der Waals surface area (Å²) < 4.78 is 10.3. The lowest BCUT2D eigenvalue weighted by Gasteiger charge is -2.19. The lowest BCUT2D eigenvalue weighted by Crippen LogP contribution is -2.20. The van der Waals surface area contributed by atoms with E-state index in [9.17, 15) is 5.11 Å². The molecule has 0 spiro atoms. The number of aromatic hydroxyl groups is 1. The third-order valence-corrected chi connectivity index (χ3v) is 3.17. The van der Waals surface area contributed by atoms with Gasteiger partial charge in [0.15, 0.2) is 0 Å². The van der Waals surface area contributed by atoms with Crippen LogP contribution in [0.3, 0.4) is 0 Å².